The lowest BCUT2D eigenvalue weighted by Crippen LogP contribution is -2.52. The number of benzene rings is 2. The van der Waals surface area contributed by atoms with Gasteiger partial charge < -0.3 is 9.80 Å². The number of anilines is 1. The van der Waals surface area contributed by atoms with Crippen LogP contribution in [0.5, 0.6) is 0 Å². The van der Waals surface area contributed by atoms with Gasteiger partial charge in [-0.25, -0.2) is 15.0 Å². The Balaban J connectivity index is 1.73. The summed E-state index contributed by atoms with van der Waals surface area (Å²) in [4.78, 5) is 30.9. The Morgan fingerprint density at radius 3 is 2.59 bits per heavy atom. The molecule has 10 heteroatoms. The van der Waals surface area contributed by atoms with E-state index in [9.17, 15) is 14.0 Å². The highest BCUT2D eigenvalue weighted by molar-refractivity contribution is 6.01. The molecule has 32 heavy (non-hydrogen) atoms. The van der Waals surface area contributed by atoms with Crippen LogP contribution in [0.15, 0.2) is 42.6 Å². The monoisotopic (exact) mass is 439 g/mol. The van der Waals surface area contributed by atoms with Crippen molar-refractivity contribution >= 4 is 28.5 Å². The highest BCUT2D eigenvalue weighted by Gasteiger charge is 2.28. The minimum atomic E-state index is -0.584. The smallest absolute Gasteiger partial charge is 0.322 e. The predicted molar refractivity (Wildman–Crippen MR) is 119 cm³/mol. The highest BCUT2D eigenvalue weighted by Crippen LogP contribution is 2.29. The van der Waals surface area contributed by atoms with Gasteiger partial charge in [0.2, 0.25) is 0 Å². The first-order valence-electron chi connectivity index (χ1n) is 10.3. The van der Waals surface area contributed by atoms with E-state index in [1.807, 2.05) is 37.7 Å². The van der Waals surface area contributed by atoms with Crippen LogP contribution in [0.4, 0.5) is 14.9 Å². The number of aromatic nitrogens is 2. The van der Waals surface area contributed by atoms with Crippen molar-refractivity contribution in [2.75, 3.05) is 38.1 Å². The molecule has 9 nitrogen and oxygen atoms in total. The number of hydrazine groups is 1. The molecule has 1 aliphatic rings. The molecule has 1 saturated heterocycles. The SMILES string of the molecule is CN1CCN(C(=O)N(Cc2ccc(C(=O)NN)cc2F)c2cccc3cnn(C)c23)CC1. The molecule has 2 aromatic carbocycles. The zero-order chi connectivity index (χ0) is 22.8. The summed E-state index contributed by atoms with van der Waals surface area (Å²) >= 11 is 0. The maximum Gasteiger partial charge on any atom is 0.324 e. The molecule has 0 saturated carbocycles. The van der Waals surface area contributed by atoms with Crippen molar-refractivity contribution in [1.82, 2.24) is 25.0 Å². The molecule has 3 amide bonds. The zero-order valence-corrected chi connectivity index (χ0v) is 18.1. The molecule has 0 atom stereocenters. The number of piperazine rings is 1. The molecule has 0 aliphatic carbocycles. The van der Waals surface area contributed by atoms with Crippen LogP contribution < -0.4 is 16.2 Å². The highest BCUT2D eigenvalue weighted by atomic mass is 19.1. The molecule has 1 aliphatic heterocycles. The summed E-state index contributed by atoms with van der Waals surface area (Å²) < 4.78 is 16.6. The Hall–Kier alpha value is -3.50. The third kappa shape index (κ3) is 4.14. The molecule has 0 radical (unpaired) electrons. The molecule has 0 spiro atoms. The molecule has 1 fully saturated rings. The standard InChI is InChI=1S/C22H26FN7O2/c1-27-8-10-29(11-9-27)22(32)30(19-5-3-4-16-13-25-28(2)20(16)19)14-17-7-6-15(12-18(17)23)21(31)26-24/h3-7,12-13H,8-11,14,24H2,1-2H3,(H,26,31). The summed E-state index contributed by atoms with van der Waals surface area (Å²) in [5.41, 5.74) is 3.83. The van der Waals surface area contributed by atoms with Gasteiger partial charge in [0.05, 0.1) is 23.9 Å². The first-order chi connectivity index (χ1) is 15.4. The van der Waals surface area contributed by atoms with Crippen molar-refractivity contribution in [1.29, 1.82) is 0 Å². The van der Waals surface area contributed by atoms with E-state index >= 15 is 0 Å². The van der Waals surface area contributed by atoms with E-state index < -0.39 is 11.7 Å². The lowest BCUT2D eigenvalue weighted by Gasteiger charge is -2.36. The number of carbonyl (C=O) groups excluding carboxylic acids is 2. The quantitative estimate of drug-likeness (QED) is 0.366. The number of nitrogens with two attached hydrogens (primary N) is 1. The number of rotatable bonds is 4. The number of hydrogen-bond donors (Lipinski definition) is 2. The predicted octanol–water partition coefficient (Wildman–Crippen LogP) is 1.69. The number of likely N-dealkylation sites (N-methyl/N-ethyl adjacent to an activating group) is 1. The van der Waals surface area contributed by atoms with Gasteiger partial charge in [-0.3, -0.25) is 19.8 Å². The number of urea groups is 1. The number of hydrogen-bond acceptors (Lipinski definition) is 5. The largest absolute Gasteiger partial charge is 0.324 e. The second-order valence-electron chi connectivity index (χ2n) is 7.92. The number of nitrogens with zero attached hydrogens (tertiary/aromatic N) is 5. The minimum Gasteiger partial charge on any atom is -0.322 e. The Bertz CT molecular complexity index is 1150. The Labute approximate surface area is 185 Å². The number of nitrogen functional groups attached to an aromatic ring is 1. The van der Waals surface area contributed by atoms with Gasteiger partial charge in [0.25, 0.3) is 5.91 Å². The Kier molecular flexibility index (Phi) is 6.06. The Morgan fingerprint density at radius 1 is 1.16 bits per heavy atom. The molecule has 1 aromatic heterocycles. The summed E-state index contributed by atoms with van der Waals surface area (Å²) in [6, 6.07) is 9.54. The van der Waals surface area contributed by atoms with Crippen LogP contribution in [0.2, 0.25) is 0 Å². The van der Waals surface area contributed by atoms with Gasteiger partial charge in [-0.15, -0.1) is 0 Å². The van der Waals surface area contributed by atoms with Crippen LogP contribution in [0.3, 0.4) is 0 Å². The fourth-order valence-corrected chi connectivity index (χ4v) is 3.92. The summed E-state index contributed by atoms with van der Waals surface area (Å²) in [7, 11) is 3.83. The van der Waals surface area contributed by atoms with E-state index in [4.69, 9.17) is 5.84 Å². The van der Waals surface area contributed by atoms with Crippen LogP contribution >= 0.6 is 0 Å². The van der Waals surface area contributed by atoms with E-state index in [1.54, 1.807) is 20.7 Å². The number of halogens is 1. The summed E-state index contributed by atoms with van der Waals surface area (Å²) in [6.45, 7) is 2.72. The average molecular weight is 439 g/mol. The molecule has 2 heterocycles. The molecular formula is C22H26FN7O2. The molecule has 0 bridgehead atoms. The first kappa shape index (κ1) is 21.7. The molecular weight excluding hydrogens is 413 g/mol. The van der Waals surface area contributed by atoms with Crippen LogP contribution in [0.1, 0.15) is 15.9 Å². The van der Waals surface area contributed by atoms with Gasteiger partial charge >= 0.3 is 6.03 Å². The minimum absolute atomic E-state index is 0.00578. The van der Waals surface area contributed by atoms with Gasteiger partial charge in [0.1, 0.15) is 5.82 Å². The van der Waals surface area contributed by atoms with Crippen molar-refractivity contribution < 1.29 is 14.0 Å². The first-order valence-corrected chi connectivity index (χ1v) is 10.3. The van der Waals surface area contributed by atoms with E-state index in [0.717, 1.165) is 30.1 Å². The summed E-state index contributed by atoms with van der Waals surface area (Å²) in [5, 5.41) is 5.20. The van der Waals surface area contributed by atoms with Crippen LogP contribution in [0, 0.1) is 5.82 Å². The summed E-state index contributed by atoms with van der Waals surface area (Å²) in [5.74, 6) is 3.98. The number of fused-ring (bicyclic) bond motifs is 1. The van der Waals surface area contributed by atoms with Crippen molar-refractivity contribution in [3.63, 3.8) is 0 Å². The second-order valence-corrected chi connectivity index (χ2v) is 7.92. The fraction of sp³-hybridized carbons (Fsp3) is 0.318. The number of nitrogens with one attached hydrogen (secondary N) is 1. The molecule has 0 unspecified atom stereocenters. The van der Waals surface area contributed by atoms with Crippen molar-refractivity contribution in [2.45, 2.75) is 6.54 Å². The number of amides is 3. The maximum absolute atomic E-state index is 14.9. The van der Waals surface area contributed by atoms with E-state index in [0.29, 0.717) is 24.3 Å². The third-order valence-corrected chi connectivity index (χ3v) is 5.81. The van der Waals surface area contributed by atoms with Crippen molar-refractivity contribution in [2.24, 2.45) is 12.9 Å². The Morgan fingerprint density at radius 2 is 1.91 bits per heavy atom. The van der Waals surface area contributed by atoms with Gasteiger partial charge in [-0.05, 0) is 25.2 Å². The van der Waals surface area contributed by atoms with Crippen molar-refractivity contribution in [3.8, 4) is 0 Å². The van der Waals surface area contributed by atoms with Gasteiger partial charge in [0, 0.05) is 49.7 Å². The topological polar surface area (TPSA) is 99.7 Å². The number of aryl methyl sites for hydroxylation is 1. The van der Waals surface area contributed by atoms with Crippen molar-refractivity contribution in [3.05, 3.63) is 59.5 Å². The lowest BCUT2D eigenvalue weighted by molar-refractivity contribution is 0.0953. The zero-order valence-electron chi connectivity index (χ0n) is 18.1. The third-order valence-electron chi connectivity index (χ3n) is 5.81. The summed E-state index contributed by atoms with van der Waals surface area (Å²) in [6.07, 6.45) is 1.73. The van der Waals surface area contributed by atoms with Crippen LogP contribution in [-0.2, 0) is 13.6 Å². The van der Waals surface area contributed by atoms with Gasteiger partial charge in [-0.2, -0.15) is 5.10 Å². The normalized spacial score (nSPS) is 14.6. The number of para-hydroxylation sites is 1. The molecule has 4 rings (SSSR count). The van der Waals surface area contributed by atoms with E-state index in [2.05, 4.69) is 10.00 Å². The maximum atomic E-state index is 14.9. The molecule has 168 valence electrons. The number of carbonyl (C=O) groups is 2. The van der Waals surface area contributed by atoms with Crippen LogP contribution in [0.25, 0.3) is 10.9 Å². The fourth-order valence-electron chi connectivity index (χ4n) is 3.92. The molecule has 3 N–H and O–H groups in total. The van der Waals surface area contributed by atoms with Gasteiger partial charge in [0.15, 0.2) is 0 Å². The van der Waals surface area contributed by atoms with E-state index in [-0.39, 0.29) is 18.1 Å². The van der Waals surface area contributed by atoms with E-state index in [1.165, 1.54) is 12.1 Å². The second kappa shape index (κ2) is 8.93. The lowest BCUT2D eigenvalue weighted by atomic mass is 10.1. The van der Waals surface area contributed by atoms with Gasteiger partial charge in [-0.1, -0.05) is 18.2 Å². The average Bonchev–Trinajstić information content (AvgIpc) is 3.19. The molecule has 3 aromatic rings. The van der Waals surface area contributed by atoms with Crippen LogP contribution in [-0.4, -0.2) is 64.7 Å².